The molecular weight excluding hydrogens is 336 g/mol. The highest BCUT2D eigenvalue weighted by Crippen LogP contribution is 2.64. The maximum atomic E-state index is 12.0. The van der Waals surface area contributed by atoms with Crippen LogP contribution in [0.25, 0.3) is 0 Å². The highest BCUT2D eigenvalue weighted by atomic mass is 16.5. The fraction of sp³-hybridized carbons (Fsp3) is 0.833. The summed E-state index contributed by atoms with van der Waals surface area (Å²) < 4.78 is 12.7. The van der Waals surface area contributed by atoms with Crippen molar-refractivity contribution in [2.45, 2.75) is 89.6 Å². The molecule has 0 aromatic heterocycles. The predicted molar refractivity (Wildman–Crippen MR) is 106 cm³/mol. The van der Waals surface area contributed by atoms with Crippen LogP contribution in [0.4, 0.5) is 0 Å². The number of hydrogen-bond donors (Lipinski definition) is 1. The molecule has 0 radical (unpaired) electrons. The molecule has 2 bridgehead atoms. The highest BCUT2D eigenvalue weighted by molar-refractivity contribution is 5.30. The normalized spacial score (nSPS) is 53.4. The van der Waals surface area contributed by atoms with Gasteiger partial charge in [0.25, 0.3) is 0 Å². The molecule has 0 amide bonds. The van der Waals surface area contributed by atoms with E-state index in [1.165, 1.54) is 5.57 Å². The van der Waals surface area contributed by atoms with E-state index in [0.29, 0.717) is 23.9 Å². The van der Waals surface area contributed by atoms with Crippen LogP contribution in [0, 0.1) is 28.6 Å². The molecule has 8 atom stereocenters. The molecule has 2 aliphatic heterocycles. The van der Waals surface area contributed by atoms with Crippen molar-refractivity contribution in [2.75, 3.05) is 6.61 Å². The van der Waals surface area contributed by atoms with Gasteiger partial charge in [-0.3, -0.25) is 0 Å². The Balaban J connectivity index is 1.64. The number of hydrogen-bond acceptors (Lipinski definition) is 3. The monoisotopic (exact) mass is 372 g/mol. The molecule has 0 aromatic carbocycles. The van der Waals surface area contributed by atoms with Gasteiger partial charge in [-0.1, -0.05) is 38.5 Å². The zero-order valence-electron chi connectivity index (χ0n) is 17.2. The molecule has 27 heavy (non-hydrogen) atoms. The molecule has 4 fully saturated rings. The Kier molecular flexibility index (Phi) is 4.04. The predicted octanol–water partition coefficient (Wildman–Crippen LogP) is 4.65. The minimum absolute atomic E-state index is 0.0854. The van der Waals surface area contributed by atoms with Crippen LogP contribution < -0.4 is 0 Å². The number of allylic oxidation sites excluding steroid dienone is 1. The summed E-state index contributed by atoms with van der Waals surface area (Å²) in [4.78, 5) is 0. The average molecular weight is 373 g/mol. The van der Waals surface area contributed by atoms with E-state index in [1.807, 2.05) is 6.08 Å². The first-order valence-corrected chi connectivity index (χ1v) is 11.1. The van der Waals surface area contributed by atoms with Crippen molar-refractivity contribution in [3.05, 3.63) is 24.3 Å². The van der Waals surface area contributed by atoms with Crippen LogP contribution >= 0.6 is 0 Å². The molecule has 150 valence electrons. The first kappa shape index (κ1) is 18.4. The number of rotatable bonds is 1. The van der Waals surface area contributed by atoms with E-state index >= 15 is 0 Å². The van der Waals surface area contributed by atoms with E-state index in [9.17, 15) is 5.11 Å². The Morgan fingerprint density at radius 3 is 2.67 bits per heavy atom. The molecule has 8 unspecified atom stereocenters. The SMILES string of the molecule is C=CC1CCC2C3=CCCC(O)(CC4(C)C5COC5CCC4C2O1)C3(C)C. The van der Waals surface area contributed by atoms with Gasteiger partial charge < -0.3 is 14.6 Å². The van der Waals surface area contributed by atoms with E-state index < -0.39 is 5.60 Å². The quantitative estimate of drug-likeness (QED) is 0.681. The molecule has 5 rings (SSSR count). The summed E-state index contributed by atoms with van der Waals surface area (Å²) in [6, 6.07) is 0. The van der Waals surface area contributed by atoms with Gasteiger partial charge in [0, 0.05) is 17.3 Å². The molecule has 1 N–H and O–H groups in total. The molecule has 3 aliphatic carbocycles. The fourth-order valence-electron chi connectivity index (χ4n) is 7.59. The van der Waals surface area contributed by atoms with E-state index in [1.54, 1.807) is 0 Å². The van der Waals surface area contributed by atoms with Gasteiger partial charge in [0.2, 0.25) is 0 Å². The lowest BCUT2D eigenvalue weighted by molar-refractivity contribution is -0.259. The minimum Gasteiger partial charge on any atom is -0.389 e. The smallest absolute Gasteiger partial charge is 0.0757 e. The van der Waals surface area contributed by atoms with Crippen molar-refractivity contribution < 1.29 is 14.6 Å². The second-order valence-electron chi connectivity index (χ2n) is 10.8. The Morgan fingerprint density at radius 1 is 1.15 bits per heavy atom. The van der Waals surface area contributed by atoms with E-state index in [0.717, 1.165) is 51.6 Å². The van der Waals surface area contributed by atoms with Crippen LogP contribution in [0.5, 0.6) is 0 Å². The van der Waals surface area contributed by atoms with Crippen LogP contribution in [0.3, 0.4) is 0 Å². The molecule has 0 aromatic rings. The van der Waals surface area contributed by atoms with Crippen LogP contribution in [-0.2, 0) is 9.47 Å². The zero-order valence-corrected chi connectivity index (χ0v) is 17.2. The van der Waals surface area contributed by atoms with Crippen LogP contribution in [-0.4, -0.2) is 35.6 Å². The summed E-state index contributed by atoms with van der Waals surface area (Å²) in [7, 11) is 0. The van der Waals surface area contributed by atoms with Crippen molar-refractivity contribution in [2.24, 2.45) is 28.6 Å². The van der Waals surface area contributed by atoms with Gasteiger partial charge in [-0.2, -0.15) is 0 Å². The standard InChI is InChI=1S/C24H36O3/c1-5-15-8-9-16-17-7-6-12-24(25,22(17,2)3)14-23(4)18(21(16)27-15)10-11-20-19(23)13-26-20/h5,7,15-16,18-21,25H,1,6,8-14H2,2-4H3. The molecule has 5 aliphatic rings. The van der Waals surface area contributed by atoms with Gasteiger partial charge in [-0.25, -0.2) is 0 Å². The van der Waals surface area contributed by atoms with Crippen molar-refractivity contribution in [3.8, 4) is 0 Å². The Labute approximate surface area is 164 Å². The summed E-state index contributed by atoms with van der Waals surface area (Å²) in [5.41, 5.74) is 0.742. The summed E-state index contributed by atoms with van der Waals surface area (Å²) in [5, 5.41) is 12.0. The van der Waals surface area contributed by atoms with Gasteiger partial charge in [0.05, 0.1) is 30.5 Å². The number of fused-ring (bicyclic) bond motifs is 8. The van der Waals surface area contributed by atoms with Crippen LogP contribution in [0.2, 0.25) is 0 Å². The maximum Gasteiger partial charge on any atom is 0.0757 e. The van der Waals surface area contributed by atoms with Gasteiger partial charge in [-0.05, 0) is 56.3 Å². The Morgan fingerprint density at radius 2 is 1.96 bits per heavy atom. The maximum absolute atomic E-state index is 12.0. The van der Waals surface area contributed by atoms with Gasteiger partial charge in [-0.15, -0.1) is 6.58 Å². The van der Waals surface area contributed by atoms with Crippen molar-refractivity contribution in [1.29, 1.82) is 0 Å². The third-order valence-electron chi connectivity index (χ3n) is 9.43. The molecule has 2 saturated heterocycles. The second-order valence-corrected chi connectivity index (χ2v) is 10.8. The Hall–Kier alpha value is -0.640. The third kappa shape index (κ3) is 2.37. The van der Waals surface area contributed by atoms with Gasteiger partial charge in [0.15, 0.2) is 0 Å². The lowest BCUT2D eigenvalue weighted by atomic mass is 9.45. The zero-order chi connectivity index (χ0) is 19.0. The van der Waals surface area contributed by atoms with Crippen LogP contribution in [0.15, 0.2) is 24.3 Å². The number of aliphatic hydroxyl groups is 1. The molecule has 0 spiro atoms. The molecular formula is C24H36O3. The largest absolute Gasteiger partial charge is 0.389 e. The Bertz CT molecular complexity index is 667. The van der Waals surface area contributed by atoms with E-state index in [4.69, 9.17) is 9.47 Å². The lowest BCUT2D eigenvalue weighted by Gasteiger charge is -2.65. The molecule has 3 nitrogen and oxygen atoms in total. The summed E-state index contributed by atoms with van der Waals surface area (Å²) in [6.45, 7) is 11.9. The first-order valence-electron chi connectivity index (χ1n) is 11.1. The topological polar surface area (TPSA) is 38.7 Å². The van der Waals surface area contributed by atoms with E-state index in [-0.39, 0.29) is 23.0 Å². The molecule has 2 saturated carbocycles. The third-order valence-corrected chi connectivity index (χ3v) is 9.43. The second kappa shape index (κ2) is 5.93. The van der Waals surface area contributed by atoms with Gasteiger partial charge >= 0.3 is 0 Å². The highest BCUT2D eigenvalue weighted by Gasteiger charge is 2.64. The van der Waals surface area contributed by atoms with Crippen molar-refractivity contribution >= 4 is 0 Å². The first-order chi connectivity index (χ1) is 12.8. The van der Waals surface area contributed by atoms with Gasteiger partial charge in [0.1, 0.15) is 0 Å². The average Bonchev–Trinajstić information content (AvgIpc) is 2.58. The molecule has 2 heterocycles. The minimum atomic E-state index is -0.623. The molecule has 3 heteroatoms. The van der Waals surface area contributed by atoms with E-state index in [2.05, 4.69) is 33.4 Å². The summed E-state index contributed by atoms with van der Waals surface area (Å²) in [6.07, 6.45) is 12.6. The van der Waals surface area contributed by atoms with Crippen LogP contribution in [0.1, 0.15) is 65.7 Å². The van der Waals surface area contributed by atoms with Crippen molar-refractivity contribution in [1.82, 2.24) is 0 Å². The number of ether oxygens (including phenoxy) is 2. The van der Waals surface area contributed by atoms with Crippen molar-refractivity contribution in [3.63, 3.8) is 0 Å². The lowest BCUT2D eigenvalue weighted by Crippen LogP contribution is -2.66. The summed E-state index contributed by atoms with van der Waals surface area (Å²) in [5.74, 6) is 1.50. The summed E-state index contributed by atoms with van der Waals surface area (Å²) >= 11 is 0. The fourth-order valence-corrected chi connectivity index (χ4v) is 7.59.